The number of tetrazole rings is 1. The van der Waals surface area contributed by atoms with Crippen LogP contribution in [-0.2, 0) is 13.7 Å². The smallest absolute Gasteiger partial charge is 0.212 e. The van der Waals surface area contributed by atoms with E-state index in [4.69, 9.17) is 10.5 Å². The Hall–Kier alpha value is -1.95. The molecule has 90 valence electrons. The number of aromatic nitrogens is 4. The summed E-state index contributed by atoms with van der Waals surface area (Å²) in [7, 11) is 1.71. The van der Waals surface area contributed by atoms with Crippen LogP contribution in [0, 0.1) is 0 Å². The van der Waals surface area contributed by atoms with E-state index < -0.39 is 0 Å². The Kier molecular flexibility index (Phi) is 3.34. The molecule has 0 amide bonds. The Balaban J connectivity index is 2.08. The van der Waals surface area contributed by atoms with Gasteiger partial charge in [0.1, 0.15) is 5.75 Å². The molecule has 6 heteroatoms. The highest BCUT2D eigenvalue weighted by atomic mass is 16.5. The number of para-hydroxylation sites is 1. The van der Waals surface area contributed by atoms with Crippen LogP contribution < -0.4 is 10.5 Å². The predicted molar refractivity (Wildman–Crippen MR) is 62.2 cm³/mol. The molecule has 0 aliphatic heterocycles. The van der Waals surface area contributed by atoms with Crippen LogP contribution in [0.3, 0.4) is 0 Å². The summed E-state index contributed by atoms with van der Waals surface area (Å²) in [5.74, 6) is 1.31. The van der Waals surface area contributed by atoms with Gasteiger partial charge in [-0.05, 0) is 18.2 Å². The third-order valence-corrected chi connectivity index (χ3v) is 2.32. The zero-order chi connectivity index (χ0) is 12.3. The third-order valence-electron chi connectivity index (χ3n) is 2.32. The second-order valence-corrected chi connectivity index (χ2v) is 3.81. The quantitative estimate of drug-likeness (QED) is 0.845. The fourth-order valence-electron chi connectivity index (χ4n) is 1.51. The van der Waals surface area contributed by atoms with Crippen LogP contribution in [0.4, 0.5) is 0 Å². The summed E-state index contributed by atoms with van der Waals surface area (Å²) >= 11 is 0. The second kappa shape index (κ2) is 4.92. The maximum Gasteiger partial charge on any atom is 0.212 e. The van der Waals surface area contributed by atoms with Crippen LogP contribution in [0.2, 0.25) is 0 Å². The molecular formula is C11H15N5O. The minimum absolute atomic E-state index is 0.0685. The molecule has 2 N–H and O–H groups in total. The van der Waals surface area contributed by atoms with Crippen molar-refractivity contribution in [2.24, 2.45) is 12.8 Å². The van der Waals surface area contributed by atoms with Gasteiger partial charge >= 0.3 is 0 Å². The summed E-state index contributed by atoms with van der Waals surface area (Å²) in [5.41, 5.74) is 6.83. The van der Waals surface area contributed by atoms with Crippen molar-refractivity contribution < 1.29 is 4.74 Å². The zero-order valence-corrected chi connectivity index (χ0v) is 9.87. The lowest BCUT2D eigenvalue weighted by Gasteiger charge is -2.12. The first-order valence-corrected chi connectivity index (χ1v) is 5.37. The molecular weight excluding hydrogens is 218 g/mol. The van der Waals surface area contributed by atoms with Crippen molar-refractivity contribution in [1.82, 2.24) is 20.2 Å². The van der Waals surface area contributed by atoms with Gasteiger partial charge in [0.15, 0.2) is 6.61 Å². The van der Waals surface area contributed by atoms with Gasteiger partial charge in [-0.1, -0.05) is 18.2 Å². The van der Waals surface area contributed by atoms with Crippen LogP contribution in [0.5, 0.6) is 5.75 Å². The summed E-state index contributed by atoms with van der Waals surface area (Å²) in [6.07, 6.45) is 0. The number of hydrogen-bond donors (Lipinski definition) is 1. The van der Waals surface area contributed by atoms with Gasteiger partial charge in [-0.15, -0.1) is 10.2 Å². The highest BCUT2D eigenvalue weighted by Crippen LogP contribution is 2.23. The van der Waals surface area contributed by atoms with Crippen molar-refractivity contribution in [1.29, 1.82) is 0 Å². The standard InChI is InChI=1S/C11H15N5O/c1-8(12)9-5-3-4-6-10(9)17-7-11-13-15-16(2)14-11/h3-6,8H,7,12H2,1-2H3/t8-/m1/s1. The number of ether oxygens (including phenoxy) is 1. The first-order chi connectivity index (χ1) is 8.16. The molecule has 0 aliphatic carbocycles. The molecule has 2 aromatic rings. The van der Waals surface area contributed by atoms with Gasteiger partial charge in [-0.25, -0.2) is 0 Å². The first-order valence-electron chi connectivity index (χ1n) is 5.37. The minimum atomic E-state index is -0.0685. The molecule has 1 atom stereocenters. The average molecular weight is 233 g/mol. The molecule has 17 heavy (non-hydrogen) atoms. The first kappa shape index (κ1) is 11.5. The SMILES string of the molecule is C[C@@H](N)c1ccccc1OCc1nnn(C)n1. The van der Waals surface area contributed by atoms with E-state index >= 15 is 0 Å². The van der Waals surface area contributed by atoms with E-state index in [0.29, 0.717) is 5.82 Å². The lowest BCUT2D eigenvalue weighted by atomic mass is 10.1. The number of rotatable bonds is 4. The van der Waals surface area contributed by atoms with Gasteiger partial charge in [0, 0.05) is 11.6 Å². The fourth-order valence-corrected chi connectivity index (χ4v) is 1.51. The van der Waals surface area contributed by atoms with E-state index in [1.54, 1.807) is 7.05 Å². The zero-order valence-electron chi connectivity index (χ0n) is 9.87. The summed E-state index contributed by atoms with van der Waals surface area (Å²) in [4.78, 5) is 1.40. The predicted octanol–water partition coefficient (Wildman–Crippen LogP) is 0.809. The van der Waals surface area contributed by atoms with E-state index in [1.807, 2.05) is 31.2 Å². The molecule has 0 unspecified atom stereocenters. The molecule has 0 aliphatic rings. The van der Waals surface area contributed by atoms with Crippen molar-refractivity contribution in [2.75, 3.05) is 0 Å². The monoisotopic (exact) mass is 233 g/mol. The van der Waals surface area contributed by atoms with Gasteiger partial charge in [0.25, 0.3) is 0 Å². The van der Waals surface area contributed by atoms with Crippen LogP contribution >= 0.6 is 0 Å². The summed E-state index contributed by atoms with van der Waals surface area (Å²) in [6, 6.07) is 7.61. The van der Waals surface area contributed by atoms with Crippen molar-refractivity contribution in [3.63, 3.8) is 0 Å². The van der Waals surface area contributed by atoms with Crippen molar-refractivity contribution in [3.05, 3.63) is 35.7 Å². The Morgan fingerprint density at radius 1 is 1.41 bits per heavy atom. The molecule has 1 heterocycles. The van der Waals surface area contributed by atoms with Crippen LogP contribution in [0.15, 0.2) is 24.3 Å². The second-order valence-electron chi connectivity index (χ2n) is 3.81. The van der Waals surface area contributed by atoms with Gasteiger partial charge in [0.05, 0.1) is 7.05 Å². The molecule has 0 saturated carbocycles. The van der Waals surface area contributed by atoms with Gasteiger partial charge in [0.2, 0.25) is 5.82 Å². The van der Waals surface area contributed by atoms with Gasteiger partial charge in [-0.2, -0.15) is 4.80 Å². The molecule has 0 fully saturated rings. The Labute approximate surface area is 99.4 Å². The number of aryl methyl sites for hydroxylation is 1. The highest BCUT2D eigenvalue weighted by Gasteiger charge is 2.08. The maximum atomic E-state index is 5.86. The number of hydrogen-bond acceptors (Lipinski definition) is 5. The van der Waals surface area contributed by atoms with Crippen molar-refractivity contribution in [3.8, 4) is 5.75 Å². The number of benzene rings is 1. The summed E-state index contributed by atoms with van der Waals surface area (Å²) < 4.78 is 5.64. The maximum absolute atomic E-state index is 5.86. The van der Waals surface area contributed by atoms with Crippen LogP contribution in [0.25, 0.3) is 0 Å². The molecule has 0 spiro atoms. The summed E-state index contributed by atoms with van der Waals surface area (Å²) in [5, 5.41) is 11.6. The Bertz CT molecular complexity index is 494. The van der Waals surface area contributed by atoms with E-state index in [0.717, 1.165) is 11.3 Å². The molecule has 0 saturated heterocycles. The molecule has 0 radical (unpaired) electrons. The van der Waals surface area contributed by atoms with Crippen molar-refractivity contribution in [2.45, 2.75) is 19.6 Å². The molecule has 2 rings (SSSR count). The minimum Gasteiger partial charge on any atom is -0.485 e. The van der Waals surface area contributed by atoms with Crippen molar-refractivity contribution >= 4 is 0 Å². The van der Waals surface area contributed by atoms with E-state index in [1.165, 1.54) is 4.80 Å². The van der Waals surface area contributed by atoms with Gasteiger partial charge in [-0.3, -0.25) is 0 Å². The average Bonchev–Trinajstić information content (AvgIpc) is 2.73. The molecule has 1 aromatic carbocycles. The fraction of sp³-hybridized carbons (Fsp3) is 0.364. The largest absolute Gasteiger partial charge is 0.485 e. The van der Waals surface area contributed by atoms with E-state index in [-0.39, 0.29) is 12.6 Å². The normalized spacial score (nSPS) is 12.4. The number of nitrogens with two attached hydrogens (primary N) is 1. The Morgan fingerprint density at radius 2 is 2.18 bits per heavy atom. The van der Waals surface area contributed by atoms with E-state index in [9.17, 15) is 0 Å². The lowest BCUT2D eigenvalue weighted by molar-refractivity contribution is 0.291. The molecule has 1 aromatic heterocycles. The number of nitrogens with zero attached hydrogens (tertiary/aromatic N) is 4. The highest BCUT2D eigenvalue weighted by molar-refractivity contribution is 5.35. The van der Waals surface area contributed by atoms with E-state index in [2.05, 4.69) is 15.4 Å². The topological polar surface area (TPSA) is 78.9 Å². The summed E-state index contributed by atoms with van der Waals surface area (Å²) in [6.45, 7) is 2.21. The molecule has 0 bridgehead atoms. The molecule has 6 nitrogen and oxygen atoms in total. The van der Waals surface area contributed by atoms with Crippen LogP contribution in [-0.4, -0.2) is 20.2 Å². The Morgan fingerprint density at radius 3 is 2.82 bits per heavy atom. The lowest BCUT2D eigenvalue weighted by Crippen LogP contribution is -2.08. The van der Waals surface area contributed by atoms with Gasteiger partial charge < -0.3 is 10.5 Å². The van der Waals surface area contributed by atoms with Crippen LogP contribution in [0.1, 0.15) is 24.4 Å². The third kappa shape index (κ3) is 2.79.